The maximum absolute atomic E-state index is 11.8. The van der Waals surface area contributed by atoms with Crippen LogP contribution in [0.1, 0.15) is 37.7 Å². The van der Waals surface area contributed by atoms with Crippen LogP contribution in [0.2, 0.25) is 0 Å². The van der Waals surface area contributed by atoms with Crippen LogP contribution in [0.4, 0.5) is 4.79 Å². The molecule has 0 radical (unpaired) electrons. The van der Waals surface area contributed by atoms with Crippen molar-refractivity contribution in [2.75, 3.05) is 13.1 Å². The number of carbonyl (C=O) groups is 2. The zero-order valence-corrected chi connectivity index (χ0v) is 12.9. The van der Waals surface area contributed by atoms with Crippen molar-refractivity contribution in [3.05, 3.63) is 22.4 Å². The van der Waals surface area contributed by atoms with Gasteiger partial charge in [-0.05, 0) is 41.7 Å². The number of carboxylic acid groups (broad SMARTS) is 1. The van der Waals surface area contributed by atoms with Crippen molar-refractivity contribution < 1.29 is 14.7 Å². The molecule has 3 N–H and O–H groups in total. The first kappa shape index (κ1) is 15.8. The van der Waals surface area contributed by atoms with Gasteiger partial charge in [0.2, 0.25) is 0 Å². The standard InChI is InChI=1S/C15H22N2O3S/c18-13(19)15(6-2-1-3-7-15)11-17-14(20)16-8-4-12-5-9-21-10-12/h5,9-10H,1-4,6-8,11H2,(H,18,19)(H2,16,17,20). The lowest BCUT2D eigenvalue weighted by atomic mass is 9.74. The van der Waals surface area contributed by atoms with Gasteiger partial charge in [0.25, 0.3) is 0 Å². The molecule has 1 aliphatic carbocycles. The highest BCUT2D eigenvalue weighted by molar-refractivity contribution is 7.07. The summed E-state index contributed by atoms with van der Waals surface area (Å²) in [5.41, 5.74) is 0.428. The van der Waals surface area contributed by atoms with E-state index in [4.69, 9.17) is 0 Å². The quantitative estimate of drug-likeness (QED) is 0.756. The molecule has 1 aromatic heterocycles. The number of amides is 2. The van der Waals surface area contributed by atoms with Gasteiger partial charge in [-0.2, -0.15) is 11.3 Å². The van der Waals surface area contributed by atoms with Gasteiger partial charge >= 0.3 is 12.0 Å². The second-order valence-electron chi connectivity index (χ2n) is 5.64. The van der Waals surface area contributed by atoms with E-state index < -0.39 is 11.4 Å². The van der Waals surface area contributed by atoms with E-state index in [0.29, 0.717) is 19.4 Å². The van der Waals surface area contributed by atoms with E-state index in [1.165, 1.54) is 5.56 Å². The van der Waals surface area contributed by atoms with E-state index in [2.05, 4.69) is 16.0 Å². The summed E-state index contributed by atoms with van der Waals surface area (Å²) in [6.45, 7) is 0.773. The topological polar surface area (TPSA) is 78.4 Å². The second kappa shape index (κ2) is 7.45. The molecule has 1 fully saturated rings. The molecule has 0 atom stereocenters. The smallest absolute Gasteiger partial charge is 0.314 e. The van der Waals surface area contributed by atoms with Crippen molar-refractivity contribution in [2.45, 2.75) is 38.5 Å². The number of hydrogen-bond acceptors (Lipinski definition) is 3. The SMILES string of the molecule is O=C(NCCc1ccsc1)NCC1(C(=O)O)CCCCC1. The van der Waals surface area contributed by atoms with Gasteiger partial charge in [0.05, 0.1) is 5.41 Å². The fraction of sp³-hybridized carbons (Fsp3) is 0.600. The van der Waals surface area contributed by atoms with Crippen molar-refractivity contribution in [1.29, 1.82) is 0 Å². The molecule has 0 aromatic carbocycles. The number of hydrogen-bond donors (Lipinski definition) is 3. The number of nitrogens with one attached hydrogen (secondary N) is 2. The zero-order valence-electron chi connectivity index (χ0n) is 12.1. The van der Waals surface area contributed by atoms with Crippen LogP contribution in [-0.4, -0.2) is 30.2 Å². The largest absolute Gasteiger partial charge is 0.481 e. The Balaban J connectivity index is 1.72. The molecule has 5 nitrogen and oxygen atoms in total. The molecule has 2 amide bonds. The van der Waals surface area contributed by atoms with Gasteiger partial charge in [0, 0.05) is 13.1 Å². The summed E-state index contributed by atoms with van der Waals surface area (Å²) in [6.07, 6.45) is 5.03. The van der Waals surface area contributed by atoms with Crippen molar-refractivity contribution in [2.24, 2.45) is 5.41 Å². The Morgan fingerprint density at radius 2 is 2.00 bits per heavy atom. The van der Waals surface area contributed by atoms with E-state index >= 15 is 0 Å². The van der Waals surface area contributed by atoms with Gasteiger partial charge in [-0.3, -0.25) is 4.79 Å². The number of urea groups is 1. The fourth-order valence-electron chi connectivity index (χ4n) is 2.76. The van der Waals surface area contributed by atoms with Gasteiger partial charge in [-0.15, -0.1) is 0 Å². The van der Waals surface area contributed by atoms with Crippen LogP contribution in [0.25, 0.3) is 0 Å². The molecule has 1 saturated carbocycles. The molecule has 1 aliphatic rings. The van der Waals surface area contributed by atoms with Crippen LogP contribution in [0.15, 0.2) is 16.8 Å². The second-order valence-corrected chi connectivity index (χ2v) is 6.42. The normalized spacial score (nSPS) is 17.1. The third-order valence-electron chi connectivity index (χ3n) is 4.13. The molecule has 1 aromatic rings. The lowest BCUT2D eigenvalue weighted by Gasteiger charge is -2.33. The molecule has 1 heterocycles. The molecule has 0 aliphatic heterocycles. The monoisotopic (exact) mass is 310 g/mol. The van der Waals surface area contributed by atoms with Crippen LogP contribution >= 0.6 is 11.3 Å². The van der Waals surface area contributed by atoms with Crippen LogP contribution in [0.5, 0.6) is 0 Å². The average molecular weight is 310 g/mol. The molecule has 0 bridgehead atoms. The summed E-state index contributed by atoms with van der Waals surface area (Å²) in [7, 11) is 0. The highest BCUT2D eigenvalue weighted by Gasteiger charge is 2.39. The lowest BCUT2D eigenvalue weighted by molar-refractivity contribution is -0.150. The average Bonchev–Trinajstić information content (AvgIpc) is 2.99. The van der Waals surface area contributed by atoms with Gasteiger partial charge in [0.15, 0.2) is 0 Å². The first-order valence-electron chi connectivity index (χ1n) is 7.39. The number of rotatable bonds is 6. The fourth-order valence-corrected chi connectivity index (χ4v) is 3.47. The van der Waals surface area contributed by atoms with Crippen molar-refractivity contribution >= 4 is 23.3 Å². The Hall–Kier alpha value is -1.56. The molecule has 0 unspecified atom stereocenters. The van der Waals surface area contributed by atoms with Gasteiger partial charge in [0.1, 0.15) is 0 Å². The van der Waals surface area contributed by atoms with E-state index in [9.17, 15) is 14.7 Å². The summed E-state index contributed by atoms with van der Waals surface area (Å²) in [5.74, 6) is -0.791. The number of carboxylic acids is 1. The number of aliphatic carboxylic acids is 1. The van der Waals surface area contributed by atoms with E-state index in [0.717, 1.165) is 25.7 Å². The Labute approximate surface area is 128 Å². The first-order valence-corrected chi connectivity index (χ1v) is 8.33. The van der Waals surface area contributed by atoms with E-state index in [-0.39, 0.29) is 12.6 Å². The molecule has 116 valence electrons. The molecule has 21 heavy (non-hydrogen) atoms. The van der Waals surface area contributed by atoms with Gasteiger partial charge < -0.3 is 15.7 Å². The minimum atomic E-state index is -0.791. The number of carbonyl (C=O) groups excluding carboxylic acids is 1. The highest BCUT2D eigenvalue weighted by Crippen LogP contribution is 2.35. The van der Waals surface area contributed by atoms with E-state index in [1.807, 2.05) is 11.4 Å². The minimum absolute atomic E-state index is 0.215. The third-order valence-corrected chi connectivity index (χ3v) is 4.86. The maximum atomic E-state index is 11.8. The molecule has 0 spiro atoms. The van der Waals surface area contributed by atoms with Crippen molar-refractivity contribution in [3.63, 3.8) is 0 Å². The molecule has 0 saturated heterocycles. The highest BCUT2D eigenvalue weighted by atomic mass is 32.1. The lowest BCUT2D eigenvalue weighted by Crippen LogP contribution is -2.47. The Morgan fingerprint density at radius 3 is 2.62 bits per heavy atom. The predicted molar refractivity (Wildman–Crippen MR) is 82.6 cm³/mol. The summed E-state index contributed by atoms with van der Waals surface area (Å²) in [4.78, 5) is 23.3. The van der Waals surface area contributed by atoms with Crippen LogP contribution in [-0.2, 0) is 11.2 Å². The maximum Gasteiger partial charge on any atom is 0.314 e. The summed E-state index contributed by atoms with van der Waals surface area (Å²) in [5, 5.41) is 19.0. The van der Waals surface area contributed by atoms with Gasteiger partial charge in [-0.25, -0.2) is 4.79 Å². The molecule has 6 heteroatoms. The van der Waals surface area contributed by atoms with Crippen molar-refractivity contribution in [3.8, 4) is 0 Å². The molecule has 2 rings (SSSR count). The zero-order chi connectivity index (χ0) is 15.1. The first-order chi connectivity index (χ1) is 10.1. The summed E-state index contributed by atoms with van der Waals surface area (Å²) >= 11 is 1.64. The number of thiophene rings is 1. The van der Waals surface area contributed by atoms with Crippen LogP contribution < -0.4 is 10.6 Å². The summed E-state index contributed by atoms with van der Waals surface area (Å²) < 4.78 is 0. The van der Waals surface area contributed by atoms with Gasteiger partial charge in [-0.1, -0.05) is 19.3 Å². The summed E-state index contributed by atoms with van der Waals surface area (Å²) in [6, 6.07) is 1.75. The Morgan fingerprint density at radius 1 is 1.24 bits per heavy atom. The molecular formula is C15H22N2O3S. The third kappa shape index (κ3) is 4.46. The van der Waals surface area contributed by atoms with Crippen molar-refractivity contribution in [1.82, 2.24) is 10.6 Å². The molecular weight excluding hydrogens is 288 g/mol. The van der Waals surface area contributed by atoms with E-state index in [1.54, 1.807) is 11.3 Å². The van der Waals surface area contributed by atoms with Crippen LogP contribution in [0, 0.1) is 5.41 Å². The Bertz CT molecular complexity index is 467. The van der Waals surface area contributed by atoms with Crippen LogP contribution in [0.3, 0.4) is 0 Å². The Kier molecular flexibility index (Phi) is 5.61. The predicted octanol–water partition coefficient (Wildman–Crippen LogP) is 2.62. The minimum Gasteiger partial charge on any atom is -0.481 e.